The van der Waals surface area contributed by atoms with E-state index in [1.807, 2.05) is 13.8 Å². The maximum atomic E-state index is 2.62. The van der Waals surface area contributed by atoms with Crippen molar-refractivity contribution in [3.8, 4) is 0 Å². The van der Waals surface area contributed by atoms with Crippen LogP contribution in [0.25, 0.3) is 0 Å². The lowest BCUT2D eigenvalue weighted by Gasteiger charge is -2.39. The van der Waals surface area contributed by atoms with Gasteiger partial charge in [-0.3, -0.25) is 4.90 Å². The molecule has 1 saturated heterocycles. The number of piperazine rings is 1. The second-order valence-electron chi connectivity index (χ2n) is 5.69. The van der Waals surface area contributed by atoms with Crippen LogP contribution in [0, 0.1) is 0 Å². The average molecular weight is 310 g/mol. The summed E-state index contributed by atoms with van der Waals surface area (Å²) in [4.78, 5) is 5.15. The van der Waals surface area contributed by atoms with E-state index in [4.69, 9.17) is 0 Å². The molecule has 0 aliphatic carbocycles. The quantitative estimate of drug-likeness (QED) is 0.824. The van der Waals surface area contributed by atoms with E-state index in [1.54, 1.807) is 0 Å². The van der Waals surface area contributed by atoms with Crippen LogP contribution in [0.1, 0.15) is 37.9 Å². The fourth-order valence-corrected chi connectivity index (χ4v) is 3.22. The van der Waals surface area contributed by atoms with E-state index in [-0.39, 0.29) is 0 Å². The molecule has 1 fully saturated rings. The molecule has 124 valence electrons. The Balaban J connectivity index is 0.000000924. The van der Waals surface area contributed by atoms with Crippen molar-refractivity contribution in [2.45, 2.75) is 26.8 Å². The molecule has 0 saturated carbocycles. The van der Waals surface area contributed by atoms with Crippen molar-refractivity contribution in [2.75, 3.05) is 32.7 Å². The number of hydrogen-bond donors (Lipinski definition) is 0. The van der Waals surface area contributed by atoms with Gasteiger partial charge in [0, 0.05) is 26.2 Å². The normalized spacial score (nSPS) is 16.0. The summed E-state index contributed by atoms with van der Waals surface area (Å²) in [6, 6.07) is 22.2. The van der Waals surface area contributed by atoms with Crippen molar-refractivity contribution in [1.82, 2.24) is 9.80 Å². The molecule has 1 aliphatic rings. The van der Waals surface area contributed by atoms with Crippen LogP contribution in [-0.4, -0.2) is 42.5 Å². The summed E-state index contributed by atoms with van der Waals surface area (Å²) in [5, 5.41) is 0. The fourth-order valence-electron chi connectivity index (χ4n) is 3.22. The molecule has 2 nitrogen and oxygen atoms in total. The highest BCUT2D eigenvalue weighted by Gasteiger charge is 2.25. The molecule has 1 aliphatic heterocycles. The molecule has 0 bridgehead atoms. The van der Waals surface area contributed by atoms with Crippen molar-refractivity contribution < 1.29 is 0 Å². The first-order valence-corrected chi connectivity index (χ1v) is 8.95. The van der Waals surface area contributed by atoms with E-state index in [0.29, 0.717) is 6.04 Å². The number of hydrogen-bond acceptors (Lipinski definition) is 2. The summed E-state index contributed by atoms with van der Waals surface area (Å²) in [6.45, 7) is 12.0. The molecular weight excluding hydrogens is 280 g/mol. The minimum atomic E-state index is 0.381. The molecule has 2 aromatic carbocycles. The Morgan fingerprint density at radius 3 is 1.57 bits per heavy atom. The first kappa shape index (κ1) is 17.7. The molecule has 0 atom stereocenters. The fraction of sp³-hybridized carbons (Fsp3) is 0.429. The van der Waals surface area contributed by atoms with E-state index in [0.717, 1.165) is 19.6 Å². The summed E-state index contributed by atoms with van der Waals surface area (Å²) >= 11 is 0. The lowest BCUT2D eigenvalue weighted by molar-refractivity contribution is 0.113. The van der Waals surface area contributed by atoms with Crippen LogP contribution in [0.2, 0.25) is 0 Å². The molecule has 23 heavy (non-hydrogen) atoms. The van der Waals surface area contributed by atoms with E-state index >= 15 is 0 Å². The zero-order chi connectivity index (χ0) is 16.5. The molecule has 0 unspecified atom stereocenters. The Morgan fingerprint density at radius 1 is 0.739 bits per heavy atom. The van der Waals surface area contributed by atoms with E-state index in [9.17, 15) is 0 Å². The Morgan fingerprint density at radius 2 is 1.17 bits per heavy atom. The number of rotatable bonds is 4. The maximum Gasteiger partial charge on any atom is 0.0602 e. The zero-order valence-electron chi connectivity index (χ0n) is 14.8. The van der Waals surface area contributed by atoms with E-state index < -0.39 is 0 Å². The monoisotopic (exact) mass is 310 g/mol. The second-order valence-corrected chi connectivity index (χ2v) is 5.69. The number of likely N-dealkylation sites (N-methyl/N-ethyl adjacent to an activating group) is 1. The van der Waals surface area contributed by atoms with Crippen LogP contribution in [-0.2, 0) is 0 Å². The van der Waals surface area contributed by atoms with Gasteiger partial charge in [0.15, 0.2) is 0 Å². The summed E-state index contributed by atoms with van der Waals surface area (Å²) in [5.74, 6) is 0. The van der Waals surface area contributed by atoms with E-state index in [1.165, 1.54) is 24.2 Å². The van der Waals surface area contributed by atoms with Crippen molar-refractivity contribution in [2.24, 2.45) is 0 Å². The molecule has 1 heterocycles. The molecule has 0 spiro atoms. The Hall–Kier alpha value is -1.64. The maximum absolute atomic E-state index is 2.62. The first-order valence-electron chi connectivity index (χ1n) is 8.95. The molecule has 0 N–H and O–H groups in total. The first-order chi connectivity index (χ1) is 11.4. The van der Waals surface area contributed by atoms with Crippen LogP contribution in [0.5, 0.6) is 0 Å². The van der Waals surface area contributed by atoms with Gasteiger partial charge in [0.2, 0.25) is 0 Å². The van der Waals surface area contributed by atoms with Crippen LogP contribution in [0.3, 0.4) is 0 Å². The van der Waals surface area contributed by atoms with Gasteiger partial charge in [0.05, 0.1) is 6.04 Å². The van der Waals surface area contributed by atoms with Gasteiger partial charge < -0.3 is 4.90 Å². The average Bonchev–Trinajstić information content (AvgIpc) is 2.66. The largest absolute Gasteiger partial charge is 0.301 e. The van der Waals surface area contributed by atoms with Crippen molar-refractivity contribution in [1.29, 1.82) is 0 Å². The molecule has 2 aromatic rings. The molecule has 2 heteroatoms. The van der Waals surface area contributed by atoms with Crippen LogP contribution in [0.15, 0.2) is 60.7 Å². The number of benzene rings is 2. The van der Waals surface area contributed by atoms with Gasteiger partial charge in [0.25, 0.3) is 0 Å². The summed E-state index contributed by atoms with van der Waals surface area (Å²) in [7, 11) is 0. The smallest absolute Gasteiger partial charge is 0.0602 e. The van der Waals surface area contributed by atoms with Crippen LogP contribution < -0.4 is 0 Å². The van der Waals surface area contributed by atoms with Gasteiger partial charge in [-0.1, -0.05) is 81.4 Å². The zero-order valence-corrected chi connectivity index (χ0v) is 14.8. The lowest BCUT2D eigenvalue weighted by Crippen LogP contribution is -2.47. The third kappa shape index (κ3) is 4.66. The van der Waals surface area contributed by atoms with Gasteiger partial charge in [-0.05, 0) is 17.7 Å². The summed E-state index contributed by atoms with van der Waals surface area (Å²) in [6.07, 6.45) is 0. The van der Waals surface area contributed by atoms with Gasteiger partial charge in [0.1, 0.15) is 0 Å². The van der Waals surface area contributed by atoms with Crippen LogP contribution >= 0.6 is 0 Å². The van der Waals surface area contributed by atoms with Gasteiger partial charge in [-0.15, -0.1) is 0 Å². The highest BCUT2D eigenvalue weighted by atomic mass is 15.3. The van der Waals surface area contributed by atoms with Crippen molar-refractivity contribution >= 4 is 0 Å². The van der Waals surface area contributed by atoms with Gasteiger partial charge in [-0.25, -0.2) is 0 Å². The predicted molar refractivity (Wildman–Crippen MR) is 99.8 cm³/mol. The van der Waals surface area contributed by atoms with E-state index in [2.05, 4.69) is 77.4 Å². The highest BCUT2D eigenvalue weighted by molar-refractivity contribution is 5.31. The topological polar surface area (TPSA) is 6.48 Å². The van der Waals surface area contributed by atoms with Crippen LogP contribution in [0.4, 0.5) is 0 Å². The molecule has 0 aromatic heterocycles. The van der Waals surface area contributed by atoms with Crippen molar-refractivity contribution in [3.05, 3.63) is 71.8 Å². The summed E-state index contributed by atoms with van der Waals surface area (Å²) < 4.78 is 0. The minimum absolute atomic E-state index is 0.381. The number of nitrogens with zero attached hydrogens (tertiary/aromatic N) is 2. The predicted octanol–water partition coefficient (Wildman–Crippen LogP) is 4.44. The molecule has 3 rings (SSSR count). The Bertz CT molecular complexity index is 491. The minimum Gasteiger partial charge on any atom is -0.301 e. The van der Waals surface area contributed by atoms with Crippen molar-refractivity contribution in [3.63, 3.8) is 0 Å². The van der Waals surface area contributed by atoms with Gasteiger partial charge in [-0.2, -0.15) is 0 Å². The summed E-state index contributed by atoms with van der Waals surface area (Å²) in [5.41, 5.74) is 2.79. The SMILES string of the molecule is CC.CCN1CCN(C(c2ccccc2)c2ccccc2)CC1. The second kappa shape index (κ2) is 9.49. The van der Waals surface area contributed by atoms with Gasteiger partial charge >= 0.3 is 0 Å². The molecular formula is C21H30N2. The molecule has 0 amide bonds. The highest BCUT2D eigenvalue weighted by Crippen LogP contribution is 2.29. The third-order valence-electron chi connectivity index (χ3n) is 4.45. The molecule has 0 radical (unpaired) electrons. The standard InChI is InChI=1S/C19H24N2.C2H6/c1-2-20-13-15-21(16-14-20)19(17-9-5-3-6-10-17)18-11-7-4-8-12-18;1-2/h3-12,19H,2,13-16H2,1H3;1-2H3. The lowest BCUT2D eigenvalue weighted by atomic mass is 9.96. The Labute approximate surface area is 141 Å². The Kier molecular flexibility index (Phi) is 7.31. The third-order valence-corrected chi connectivity index (χ3v) is 4.45.